The highest BCUT2D eigenvalue weighted by Crippen LogP contribution is 2.00. The average Bonchev–Trinajstić information content (AvgIpc) is 1.90. The summed E-state index contributed by atoms with van der Waals surface area (Å²) in [7, 11) is 0. The Hall–Kier alpha value is -0.300. The van der Waals surface area contributed by atoms with Gasteiger partial charge in [-0.1, -0.05) is 19.1 Å². The van der Waals surface area contributed by atoms with E-state index in [1.165, 1.54) is 0 Å². The second kappa shape index (κ2) is 2.88. The maximum Gasteiger partial charge on any atom is 0.0137 e. The summed E-state index contributed by atoms with van der Waals surface area (Å²) in [5.41, 5.74) is 0. The summed E-state index contributed by atoms with van der Waals surface area (Å²) in [5.74, 6) is 0. The van der Waals surface area contributed by atoms with Crippen LogP contribution in [0.25, 0.3) is 0 Å². The Morgan fingerprint density at radius 2 is 2.50 bits per heavy atom. The van der Waals surface area contributed by atoms with Crippen molar-refractivity contribution in [3.63, 3.8) is 0 Å². The van der Waals surface area contributed by atoms with Crippen molar-refractivity contribution in [2.75, 3.05) is 6.54 Å². The Morgan fingerprint density at radius 1 is 1.62 bits per heavy atom. The Kier molecular flexibility index (Phi) is 2.10. The molecule has 1 rings (SSSR count). The standard InChI is InChI=1S/C7H12N/c1-2-7-5-3-4-6-8-7/h2-4,7-8H,5-6H2,1H3. The molecule has 1 atom stereocenters. The van der Waals surface area contributed by atoms with Gasteiger partial charge in [0.05, 0.1) is 0 Å². The first-order valence-electron chi connectivity index (χ1n) is 3.11. The van der Waals surface area contributed by atoms with Gasteiger partial charge < -0.3 is 5.32 Å². The fourth-order valence-electron chi connectivity index (χ4n) is 0.883. The lowest BCUT2D eigenvalue weighted by Gasteiger charge is -2.16. The summed E-state index contributed by atoms with van der Waals surface area (Å²) in [5, 5.41) is 3.33. The highest BCUT2D eigenvalue weighted by atomic mass is 14.9. The minimum Gasteiger partial charge on any atom is -0.310 e. The maximum atomic E-state index is 3.33. The number of hydrogen-bond donors (Lipinski definition) is 1. The van der Waals surface area contributed by atoms with Crippen LogP contribution in [0.5, 0.6) is 0 Å². The van der Waals surface area contributed by atoms with E-state index in [2.05, 4.69) is 30.8 Å². The molecule has 1 nitrogen and oxygen atoms in total. The Balaban J connectivity index is 2.27. The van der Waals surface area contributed by atoms with Gasteiger partial charge in [-0.05, 0) is 12.8 Å². The smallest absolute Gasteiger partial charge is 0.0137 e. The quantitative estimate of drug-likeness (QED) is 0.499. The van der Waals surface area contributed by atoms with Crippen molar-refractivity contribution in [2.24, 2.45) is 0 Å². The van der Waals surface area contributed by atoms with Crippen LogP contribution in [-0.4, -0.2) is 12.6 Å². The molecule has 1 heteroatoms. The van der Waals surface area contributed by atoms with Crippen LogP contribution in [0.4, 0.5) is 0 Å². The summed E-state index contributed by atoms with van der Waals surface area (Å²) in [4.78, 5) is 0. The molecular weight excluding hydrogens is 98.1 g/mol. The first kappa shape index (κ1) is 5.83. The van der Waals surface area contributed by atoms with E-state index in [4.69, 9.17) is 0 Å². The van der Waals surface area contributed by atoms with Crippen molar-refractivity contribution in [2.45, 2.75) is 19.4 Å². The van der Waals surface area contributed by atoms with Crippen LogP contribution in [-0.2, 0) is 0 Å². The first-order valence-corrected chi connectivity index (χ1v) is 3.11. The predicted octanol–water partition coefficient (Wildman–Crippen LogP) is 1.13. The number of hydrogen-bond acceptors (Lipinski definition) is 1. The van der Waals surface area contributed by atoms with Crippen molar-refractivity contribution in [3.8, 4) is 0 Å². The molecule has 0 saturated carbocycles. The van der Waals surface area contributed by atoms with E-state index in [9.17, 15) is 0 Å². The largest absolute Gasteiger partial charge is 0.310 e. The van der Waals surface area contributed by atoms with Crippen molar-refractivity contribution >= 4 is 0 Å². The zero-order valence-corrected chi connectivity index (χ0v) is 5.22. The molecule has 8 heavy (non-hydrogen) atoms. The van der Waals surface area contributed by atoms with Crippen LogP contribution >= 0.6 is 0 Å². The molecule has 1 unspecified atom stereocenters. The Bertz CT molecular complexity index is 86.4. The van der Waals surface area contributed by atoms with E-state index in [0.29, 0.717) is 6.04 Å². The third-order valence-corrected chi connectivity index (χ3v) is 1.46. The third-order valence-electron chi connectivity index (χ3n) is 1.46. The van der Waals surface area contributed by atoms with Crippen LogP contribution < -0.4 is 5.32 Å². The second-order valence-corrected chi connectivity index (χ2v) is 2.06. The third kappa shape index (κ3) is 1.34. The van der Waals surface area contributed by atoms with E-state index in [-0.39, 0.29) is 0 Å². The van der Waals surface area contributed by atoms with Gasteiger partial charge in [-0.15, -0.1) is 0 Å². The van der Waals surface area contributed by atoms with Crippen molar-refractivity contribution < 1.29 is 0 Å². The molecule has 45 valence electrons. The van der Waals surface area contributed by atoms with E-state index in [0.717, 1.165) is 13.0 Å². The monoisotopic (exact) mass is 110 g/mol. The highest BCUT2D eigenvalue weighted by molar-refractivity contribution is 4.97. The summed E-state index contributed by atoms with van der Waals surface area (Å²) in [6.07, 6.45) is 7.75. The zero-order chi connectivity index (χ0) is 5.82. The summed E-state index contributed by atoms with van der Waals surface area (Å²) in [6.45, 7) is 3.13. The van der Waals surface area contributed by atoms with Gasteiger partial charge in [-0.3, -0.25) is 0 Å². The van der Waals surface area contributed by atoms with Crippen LogP contribution in [0.2, 0.25) is 0 Å². The normalized spacial score (nSPS) is 28.4. The minimum absolute atomic E-state index is 0.625. The number of nitrogens with one attached hydrogen (secondary N) is 1. The lowest BCUT2D eigenvalue weighted by atomic mass is 10.1. The van der Waals surface area contributed by atoms with Crippen LogP contribution in [0.3, 0.4) is 0 Å². The fraction of sp³-hybridized carbons (Fsp3) is 0.571. The van der Waals surface area contributed by atoms with Gasteiger partial charge >= 0.3 is 0 Å². The van der Waals surface area contributed by atoms with Gasteiger partial charge in [0.1, 0.15) is 0 Å². The molecule has 0 amide bonds. The van der Waals surface area contributed by atoms with Gasteiger partial charge in [0, 0.05) is 12.6 Å². The topological polar surface area (TPSA) is 12.0 Å². The molecule has 1 radical (unpaired) electrons. The van der Waals surface area contributed by atoms with Crippen LogP contribution in [0.1, 0.15) is 13.3 Å². The maximum absolute atomic E-state index is 3.33. The zero-order valence-electron chi connectivity index (χ0n) is 5.22. The average molecular weight is 110 g/mol. The van der Waals surface area contributed by atoms with E-state index in [1.807, 2.05) is 0 Å². The van der Waals surface area contributed by atoms with E-state index < -0.39 is 0 Å². The van der Waals surface area contributed by atoms with Gasteiger partial charge in [0.15, 0.2) is 0 Å². The summed E-state index contributed by atoms with van der Waals surface area (Å²) >= 11 is 0. The molecule has 1 heterocycles. The number of rotatable bonds is 1. The molecule has 0 saturated heterocycles. The minimum atomic E-state index is 0.625. The molecule has 1 aliphatic heterocycles. The molecule has 1 aliphatic rings. The molecule has 0 aliphatic carbocycles. The van der Waals surface area contributed by atoms with E-state index >= 15 is 0 Å². The van der Waals surface area contributed by atoms with Crippen LogP contribution in [0, 0.1) is 6.42 Å². The van der Waals surface area contributed by atoms with Crippen LogP contribution in [0.15, 0.2) is 12.2 Å². The molecule has 0 fully saturated rings. The van der Waals surface area contributed by atoms with E-state index in [1.54, 1.807) is 0 Å². The van der Waals surface area contributed by atoms with Gasteiger partial charge in [0.25, 0.3) is 0 Å². The van der Waals surface area contributed by atoms with Gasteiger partial charge in [-0.2, -0.15) is 0 Å². The lowest BCUT2D eigenvalue weighted by molar-refractivity contribution is 0.587. The summed E-state index contributed by atoms with van der Waals surface area (Å²) in [6, 6.07) is 0.625. The molecule has 0 spiro atoms. The molecule has 0 aromatic rings. The first-order chi connectivity index (χ1) is 3.93. The van der Waals surface area contributed by atoms with Crippen molar-refractivity contribution in [3.05, 3.63) is 18.6 Å². The molecule has 1 N–H and O–H groups in total. The molecule has 0 aromatic heterocycles. The van der Waals surface area contributed by atoms with Gasteiger partial charge in [-0.25, -0.2) is 0 Å². The molecule has 0 bridgehead atoms. The van der Waals surface area contributed by atoms with Gasteiger partial charge in [0.2, 0.25) is 0 Å². The molecular formula is C7H12N. The van der Waals surface area contributed by atoms with Crippen molar-refractivity contribution in [1.82, 2.24) is 5.32 Å². The second-order valence-electron chi connectivity index (χ2n) is 2.06. The molecule has 0 aromatic carbocycles. The highest BCUT2D eigenvalue weighted by Gasteiger charge is 2.03. The SMILES string of the molecule is C[CH]C1CC=CCN1. The Morgan fingerprint density at radius 3 is 2.88 bits per heavy atom. The lowest BCUT2D eigenvalue weighted by Crippen LogP contribution is -2.30. The fourth-order valence-corrected chi connectivity index (χ4v) is 0.883. The van der Waals surface area contributed by atoms with Crippen molar-refractivity contribution in [1.29, 1.82) is 0 Å². The predicted molar refractivity (Wildman–Crippen MR) is 35.5 cm³/mol. The Labute approximate surface area is 50.8 Å². The summed E-state index contributed by atoms with van der Waals surface area (Å²) < 4.78 is 0.